The zero-order valence-corrected chi connectivity index (χ0v) is 9.84. The Morgan fingerprint density at radius 1 is 1.31 bits per heavy atom. The maximum absolute atomic E-state index is 11.5. The number of esters is 1. The van der Waals surface area contributed by atoms with Gasteiger partial charge in [-0.25, -0.2) is 10.3 Å². The largest absolute Gasteiger partial charge is 0.495 e. The highest BCUT2D eigenvalue weighted by atomic mass is 32.1. The van der Waals surface area contributed by atoms with Gasteiger partial charge in [0, 0.05) is 6.07 Å². The van der Waals surface area contributed by atoms with Crippen LogP contribution in [0.2, 0.25) is 0 Å². The summed E-state index contributed by atoms with van der Waals surface area (Å²) in [4.78, 5) is 27.8. The summed E-state index contributed by atoms with van der Waals surface area (Å²) in [5.41, 5.74) is 2.15. The van der Waals surface area contributed by atoms with Crippen molar-refractivity contribution in [1.82, 2.24) is 5.48 Å². The molecular formula is C9H11NO5S. The van der Waals surface area contributed by atoms with E-state index in [2.05, 4.69) is 15.1 Å². The van der Waals surface area contributed by atoms with E-state index in [0.717, 1.165) is 11.3 Å². The van der Waals surface area contributed by atoms with Crippen molar-refractivity contribution in [3.8, 4) is 5.75 Å². The highest BCUT2D eigenvalue weighted by Crippen LogP contribution is 2.29. The molecule has 16 heavy (non-hydrogen) atoms. The van der Waals surface area contributed by atoms with Crippen molar-refractivity contribution in [3.05, 3.63) is 15.8 Å². The van der Waals surface area contributed by atoms with Crippen LogP contribution in [0, 0.1) is 0 Å². The molecule has 0 spiro atoms. The molecule has 1 N–H and O–H groups in total. The van der Waals surface area contributed by atoms with Gasteiger partial charge < -0.3 is 9.47 Å². The molecule has 1 heterocycles. The van der Waals surface area contributed by atoms with E-state index >= 15 is 0 Å². The Morgan fingerprint density at radius 2 is 2.00 bits per heavy atom. The Morgan fingerprint density at radius 3 is 2.50 bits per heavy atom. The van der Waals surface area contributed by atoms with Crippen LogP contribution in [-0.2, 0) is 9.57 Å². The zero-order valence-electron chi connectivity index (χ0n) is 9.03. The predicted molar refractivity (Wildman–Crippen MR) is 56.7 cm³/mol. The lowest BCUT2D eigenvalue weighted by atomic mass is 10.4. The molecule has 0 radical (unpaired) electrons. The maximum Gasteiger partial charge on any atom is 0.348 e. The van der Waals surface area contributed by atoms with Crippen molar-refractivity contribution < 1.29 is 23.9 Å². The Hall–Kier alpha value is -1.60. The molecular weight excluding hydrogens is 234 g/mol. The molecule has 0 fully saturated rings. The number of carbonyl (C=O) groups is 2. The number of amides is 1. The first-order valence-electron chi connectivity index (χ1n) is 4.23. The molecule has 1 amide bonds. The highest BCUT2D eigenvalue weighted by molar-refractivity contribution is 7.16. The third-order valence-electron chi connectivity index (χ3n) is 1.71. The number of carbonyl (C=O) groups excluding carboxylic acids is 2. The van der Waals surface area contributed by atoms with E-state index in [1.165, 1.54) is 27.4 Å². The lowest BCUT2D eigenvalue weighted by molar-refractivity contribution is 0.0539. The Bertz CT molecular complexity index is 401. The van der Waals surface area contributed by atoms with Crippen LogP contribution in [0.5, 0.6) is 5.75 Å². The lowest BCUT2D eigenvalue weighted by Crippen LogP contribution is -2.21. The second kappa shape index (κ2) is 5.47. The van der Waals surface area contributed by atoms with Crippen LogP contribution in [0.25, 0.3) is 0 Å². The van der Waals surface area contributed by atoms with E-state index < -0.39 is 11.9 Å². The number of methoxy groups -OCH3 is 2. The van der Waals surface area contributed by atoms with Gasteiger partial charge in [0.25, 0.3) is 5.91 Å². The summed E-state index contributed by atoms with van der Waals surface area (Å²) in [7, 11) is 4.00. The van der Waals surface area contributed by atoms with Crippen molar-refractivity contribution in [2.75, 3.05) is 21.3 Å². The third-order valence-corrected chi connectivity index (χ3v) is 2.80. The van der Waals surface area contributed by atoms with E-state index in [0.29, 0.717) is 10.6 Å². The molecule has 0 aromatic carbocycles. The molecule has 0 saturated carbocycles. The smallest absolute Gasteiger partial charge is 0.348 e. The van der Waals surface area contributed by atoms with Crippen LogP contribution in [0.3, 0.4) is 0 Å². The number of ether oxygens (including phenoxy) is 2. The zero-order chi connectivity index (χ0) is 12.1. The Kier molecular flexibility index (Phi) is 4.27. The van der Waals surface area contributed by atoms with Gasteiger partial charge in [-0.15, -0.1) is 11.3 Å². The standard InChI is InChI=1S/C9H11NO5S/c1-13-5-4-6(9(12)14-2)16-7(5)8(11)10-15-3/h4H,1-3H3,(H,10,11). The number of hydrogen-bond donors (Lipinski definition) is 1. The predicted octanol–water partition coefficient (Wildman–Crippen LogP) is 0.835. The topological polar surface area (TPSA) is 73.9 Å². The fourth-order valence-corrected chi connectivity index (χ4v) is 1.95. The second-order valence-corrected chi connectivity index (χ2v) is 3.69. The molecule has 6 nitrogen and oxygen atoms in total. The highest BCUT2D eigenvalue weighted by Gasteiger charge is 2.20. The van der Waals surface area contributed by atoms with E-state index in [4.69, 9.17) is 4.74 Å². The first-order valence-corrected chi connectivity index (χ1v) is 5.05. The van der Waals surface area contributed by atoms with Gasteiger partial charge in [0.15, 0.2) is 0 Å². The van der Waals surface area contributed by atoms with E-state index in [9.17, 15) is 9.59 Å². The summed E-state index contributed by atoms with van der Waals surface area (Å²) >= 11 is 0.973. The first-order chi connectivity index (χ1) is 7.63. The van der Waals surface area contributed by atoms with Crippen LogP contribution >= 0.6 is 11.3 Å². The number of hydrogen-bond acceptors (Lipinski definition) is 6. The molecule has 0 bridgehead atoms. The Balaban J connectivity index is 3.03. The number of hydroxylamine groups is 1. The monoisotopic (exact) mass is 245 g/mol. The van der Waals surface area contributed by atoms with Gasteiger partial charge in [0.1, 0.15) is 15.5 Å². The van der Waals surface area contributed by atoms with Crippen LogP contribution in [0.4, 0.5) is 0 Å². The van der Waals surface area contributed by atoms with Crippen LogP contribution in [-0.4, -0.2) is 33.2 Å². The molecule has 1 rings (SSSR count). The summed E-state index contributed by atoms with van der Waals surface area (Å²) in [6.07, 6.45) is 0. The normalized spacial score (nSPS) is 9.69. The Labute approximate surface area is 96.1 Å². The number of thiophene rings is 1. The molecule has 0 aliphatic carbocycles. The SMILES string of the molecule is CONC(=O)c1sc(C(=O)OC)cc1OC. The summed E-state index contributed by atoms with van der Waals surface area (Å²) in [6.45, 7) is 0. The minimum absolute atomic E-state index is 0.254. The van der Waals surface area contributed by atoms with Crippen molar-refractivity contribution in [2.24, 2.45) is 0 Å². The molecule has 0 aliphatic rings. The second-order valence-electron chi connectivity index (χ2n) is 2.64. The van der Waals surface area contributed by atoms with Crippen molar-refractivity contribution >= 4 is 23.2 Å². The molecule has 0 atom stereocenters. The van der Waals surface area contributed by atoms with Gasteiger partial charge in [-0.1, -0.05) is 0 Å². The average Bonchev–Trinajstić information content (AvgIpc) is 2.72. The minimum Gasteiger partial charge on any atom is -0.495 e. The molecule has 0 saturated heterocycles. The van der Waals surface area contributed by atoms with E-state index in [1.807, 2.05) is 0 Å². The summed E-state index contributed by atoms with van der Waals surface area (Å²) in [5.74, 6) is -0.681. The van der Waals surface area contributed by atoms with Crippen molar-refractivity contribution in [2.45, 2.75) is 0 Å². The molecule has 88 valence electrons. The fourth-order valence-electron chi connectivity index (χ4n) is 1.02. The van der Waals surface area contributed by atoms with E-state index in [1.54, 1.807) is 0 Å². The van der Waals surface area contributed by atoms with Gasteiger partial charge in [-0.2, -0.15) is 0 Å². The summed E-state index contributed by atoms with van der Waals surface area (Å²) in [6, 6.07) is 1.45. The van der Waals surface area contributed by atoms with Crippen molar-refractivity contribution in [1.29, 1.82) is 0 Å². The number of nitrogens with one attached hydrogen (secondary N) is 1. The average molecular weight is 245 g/mol. The summed E-state index contributed by atoms with van der Waals surface area (Å²) < 4.78 is 9.52. The maximum atomic E-state index is 11.5. The third kappa shape index (κ3) is 2.50. The summed E-state index contributed by atoms with van der Waals surface area (Å²) in [5, 5.41) is 0. The van der Waals surface area contributed by atoms with Crippen LogP contribution < -0.4 is 10.2 Å². The quantitative estimate of drug-likeness (QED) is 0.628. The molecule has 1 aromatic rings. The van der Waals surface area contributed by atoms with Gasteiger partial charge in [-0.3, -0.25) is 9.63 Å². The molecule has 7 heteroatoms. The first kappa shape index (κ1) is 12.5. The van der Waals surface area contributed by atoms with Gasteiger partial charge in [0.2, 0.25) is 0 Å². The molecule has 1 aromatic heterocycles. The number of rotatable bonds is 4. The fraction of sp³-hybridized carbons (Fsp3) is 0.333. The van der Waals surface area contributed by atoms with Crippen molar-refractivity contribution in [3.63, 3.8) is 0 Å². The van der Waals surface area contributed by atoms with Gasteiger partial charge in [0.05, 0.1) is 21.3 Å². The van der Waals surface area contributed by atoms with Crippen LogP contribution in [0.15, 0.2) is 6.07 Å². The van der Waals surface area contributed by atoms with Gasteiger partial charge >= 0.3 is 5.97 Å². The molecule has 0 aliphatic heterocycles. The molecule has 0 unspecified atom stereocenters. The van der Waals surface area contributed by atoms with Gasteiger partial charge in [-0.05, 0) is 0 Å². The van der Waals surface area contributed by atoms with Crippen LogP contribution in [0.1, 0.15) is 19.3 Å². The van der Waals surface area contributed by atoms with E-state index in [-0.39, 0.29) is 4.88 Å². The minimum atomic E-state index is -0.514. The lowest BCUT2D eigenvalue weighted by Gasteiger charge is -2.01.